The first-order chi connectivity index (χ1) is 14.2. The summed E-state index contributed by atoms with van der Waals surface area (Å²) in [5.74, 6) is -0.0379. The molecule has 0 spiro atoms. The van der Waals surface area contributed by atoms with E-state index in [1.165, 1.54) is 32.1 Å². The number of hydrogen-bond acceptors (Lipinski definition) is 2. The summed E-state index contributed by atoms with van der Waals surface area (Å²) in [6.07, 6.45) is 12.7. The van der Waals surface area contributed by atoms with Gasteiger partial charge in [-0.3, -0.25) is 0 Å². The second-order valence-corrected chi connectivity index (χ2v) is 7.13. The Morgan fingerprint density at radius 1 is 0.897 bits per heavy atom. The molecule has 0 heterocycles. The van der Waals surface area contributed by atoms with E-state index >= 15 is 0 Å². The van der Waals surface area contributed by atoms with E-state index in [4.69, 9.17) is 4.74 Å². The van der Waals surface area contributed by atoms with Crippen LogP contribution in [0.25, 0.3) is 16.7 Å². The summed E-state index contributed by atoms with van der Waals surface area (Å²) in [4.78, 5) is 11.5. The molecule has 0 saturated carbocycles. The zero-order valence-electron chi connectivity index (χ0n) is 17.6. The van der Waals surface area contributed by atoms with Crippen molar-refractivity contribution in [3.05, 3.63) is 72.3 Å². The predicted molar refractivity (Wildman–Crippen MR) is 121 cm³/mol. The van der Waals surface area contributed by atoms with Gasteiger partial charge in [-0.1, -0.05) is 87.6 Å². The van der Waals surface area contributed by atoms with Gasteiger partial charge in [-0.15, -0.1) is 0 Å². The summed E-state index contributed by atoms with van der Waals surface area (Å²) >= 11 is 0. The van der Waals surface area contributed by atoms with Crippen LogP contribution < -0.4 is 4.74 Å². The van der Waals surface area contributed by atoms with Crippen LogP contribution in [0.1, 0.15) is 57.9 Å². The van der Waals surface area contributed by atoms with Gasteiger partial charge >= 0.3 is 5.97 Å². The topological polar surface area (TPSA) is 46.5 Å². The summed E-state index contributed by atoms with van der Waals surface area (Å²) in [6, 6.07) is 15.7. The SMILES string of the molecule is C/C=C/C=C(/C(=O)O)c1ccc(-c2ccc(OCCCCCCCC)cc2)cc1. The number of carbonyl (C=O) groups is 1. The minimum absolute atomic E-state index is 0.285. The maximum absolute atomic E-state index is 11.5. The van der Waals surface area contributed by atoms with Gasteiger partial charge in [0.25, 0.3) is 0 Å². The molecule has 1 N–H and O–H groups in total. The van der Waals surface area contributed by atoms with Crippen LogP contribution in [-0.2, 0) is 4.79 Å². The Hall–Kier alpha value is -2.81. The number of rotatable bonds is 12. The number of allylic oxidation sites excluding steroid dienone is 3. The largest absolute Gasteiger partial charge is 0.494 e. The summed E-state index contributed by atoms with van der Waals surface area (Å²) in [7, 11) is 0. The molecule has 2 aromatic carbocycles. The highest BCUT2D eigenvalue weighted by Crippen LogP contribution is 2.25. The normalized spacial score (nSPS) is 11.7. The van der Waals surface area contributed by atoms with Crippen molar-refractivity contribution in [3.8, 4) is 16.9 Å². The number of unbranched alkanes of at least 4 members (excludes halogenated alkanes) is 5. The molecule has 0 aliphatic rings. The van der Waals surface area contributed by atoms with E-state index in [1.54, 1.807) is 12.2 Å². The van der Waals surface area contributed by atoms with Gasteiger partial charge in [0.2, 0.25) is 0 Å². The number of hydrogen-bond donors (Lipinski definition) is 1. The molecule has 0 aromatic heterocycles. The minimum Gasteiger partial charge on any atom is -0.494 e. The van der Waals surface area contributed by atoms with Crippen molar-refractivity contribution in [3.63, 3.8) is 0 Å². The maximum atomic E-state index is 11.5. The van der Waals surface area contributed by atoms with E-state index in [2.05, 4.69) is 6.92 Å². The standard InChI is InChI=1S/C26H32O3/c1-3-5-7-8-9-10-20-29-24-18-16-22(17-19-24)21-12-14-23(15-13-21)25(26(27)28)11-6-4-2/h4,6,11-19H,3,5,7-10,20H2,1-2H3,(H,27,28)/b6-4+,25-11+. The Kier molecular flexibility index (Phi) is 9.77. The van der Waals surface area contributed by atoms with Gasteiger partial charge in [-0.2, -0.15) is 0 Å². The highest BCUT2D eigenvalue weighted by Gasteiger charge is 2.09. The molecule has 29 heavy (non-hydrogen) atoms. The van der Waals surface area contributed by atoms with Crippen molar-refractivity contribution in [2.24, 2.45) is 0 Å². The van der Waals surface area contributed by atoms with Crippen molar-refractivity contribution in [1.29, 1.82) is 0 Å². The molecule has 0 amide bonds. The molecule has 3 heteroatoms. The third kappa shape index (κ3) is 7.61. The summed E-state index contributed by atoms with van der Waals surface area (Å²) < 4.78 is 5.84. The fraction of sp³-hybridized carbons (Fsp3) is 0.346. The smallest absolute Gasteiger partial charge is 0.336 e. The maximum Gasteiger partial charge on any atom is 0.336 e. The van der Waals surface area contributed by atoms with Crippen molar-refractivity contribution < 1.29 is 14.6 Å². The number of benzene rings is 2. The van der Waals surface area contributed by atoms with Gasteiger partial charge in [0.05, 0.1) is 12.2 Å². The van der Waals surface area contributed by atoms with Gasteiger partial charge in [0.15, 0.2) is 0 Å². The lowest BCUT2D eigenvalue weighted by Gasteiger charge is -2.08. The molecule has 0 aliphatic carbocycles. The Labute approximate surface area is 174 Å². The Morgan fingerprint density at radius 3 is 2.07 bits per heavy atom. The highest BCUT2D eigenvalue weighted by molar-refractivity contribution is 6.15. The van der Waals surface area contributed by atoms with Gasteiger partial charge in [0.1, 0.15) is 5.75 Å². The molecule has 3 nitrogen and oxygen atoms in total. The van der Waals surface area contributed by atoms with E-state index in [-0.39, 0.29) is 5.57 Å². The molecule has 0 unspecified atom stereocenters. The molecule has 0 atom stereocenters. The lowest BCUT2D eigenvalue weighted by atomic mass is 10.00. The van der Waals surface area contributed by atoms with E-state index < -0.39 is 5.97 Å². The van der Waals surface area contributed by atoms with Crippen LogP contribution in [0.5, 0.6) is 5.75 Å². The van der Waals surface area contributed by atoms with Crippen molar-refractivity contribution in [2.45, 2.75) is 52.4 Å². The Balaban J connectivity index is 1.92. The van der Waals surface area contributed by atoms with Crippen LogP contribution in [0.4, 0.5) is 0 Å². The molecular weight excluding hydrogens is 360 g/mol. The fourth-order valence-corrected chi connectivity index (χ4v) is 3.14. The summed E-state index contributed by atoms with van der Waals surface area (Å²) in [5, 5.41) is 9.40. The van der Waals surface area contributed by atoms with Crippen molar-refractivity contribution in [2.75, 3.05) is 6.61 Å². The first-order valence-corrected chi connectivity index (χ1v) is 10.6. The molecule has 154 valence electrons. The monoisotopic (exact) mass is 392 g/mol. The van der Waals surface area contributed by atoms with Crippen LogP contribution >= 0.6 is 0 Å². The van der Waals surface area contributed by atoms with Crippen molar-refractivity contribution in [1.82, 2.24) is 0 Å². The first kappa shape index (κ1) is 22.5. The van der Waals surface area contributed by atoms with Gasteiger partial charge in [-0.05, 0) is 48.2 Å². The molecule has 2 aromatic rings. The second kappa shape index (κ2) is 12.6. The molecule has 0 saturated heterocycles. The van der Waals surface area contributed by atoms with Crippen LogP contribution in [-0.4, -0.2) is 17.7 Å². The average Bonchev–Trinajstić information content (AvgIpc) is 2.74. The first-order valence-electron chi connectivity index (χ1n) is 10.6. The summed E-state index contributed by atoms with van der Waals surface area (Å²) in [6.45, 7) is 4.85. The van der Waals surface area contributed by atoms with Gasteiger partial charge in [-0.25, -0.2) is 4.79 Å². The van der Waals surface area contributed by atoms with Crippen LogP contribution in [0, 0.1) is 0 Å². The van der Waals surface area contributed by atoms with Crippen LogP contribution in [0.15, 0.2) is 66.8 Å². The predicted octanol–water partition coefficient (Wildman–Crippen LogP) is 7.14. The molecule has 2 rings (SSSR count). The molecular formula is C26H32O3. The summed E-state index contributed by atoms with van der Waals surface area (Å²) in [5.41, 5.74) is 3.11. The van der Waals surface area contributed by atoms with Crippen LogP contribution in [0.3, 0.4) is 0 Å². The molecule has 0 aliphatic heterocycles. The Morgan fingerprint density at radius 2 is 1.48 bits per heavy atom. The van der Waals surface area contributed by atoms with Crippen LogP contribution in [0.2, 0.25) is 0 Å². The third-order valence-corrected chi connectivity index (χ3v) is 4.84. The number of aliphatic carboxylic acids is 1. The average molecular weight is 393 g/mol. The van der Waals surface area contributed by atoms with Gasteiger partial charge in [0, 0.05) is 0 Å². The second-order valence-electron chi connectivity index (χ2n) is 7.13. The van der Waals surface area contributed by atoms with E-state index in [1.807, 2.05) is 61.5 Å². The molecule has 0 radical (unpaired) electrons. The lowest BCUT2D eigenvalue weighted by Crippen LogP contribution is -1.99. The van der Waals surface area contributed by atoms with Crippen molar-refractivity contribution >= 4 is 11.5 Å². The quantitative estimate of drug-likeness (QED) is 0.237. The van der Waals surface area contributed by atoms with E-state index in [9.17, 15) is 9.90 Å². The zero-order chi connectivity index (χ0) is 20.9. The molecule has 0 fully saturated rings. The van der Waals surface area contributed by atoms with E-state index in [0.717, 1.165) is 29.9 Å². The number of carboxylic acids is 1. The van der Waals surface area contributed by atoms with E-state index in [0.29, 0.717) is 5.56 Å². The minimum atomic E-state index is -0.928. The fourth-order valence-electron chi connectivity index (χ4n) is 3.14. The Bertz CT molecular complexity index is 799. The number of ether oxygens (including phenoxy) is 1. The lowest BCUT2D eigenvalue weighted by molar-refractivity contribution is -0.130. The molecule has 0 bridgehead atoms. The number of carboxylic acid groups (broad SMARTS) is 1. The highest BCUT2D eigenvalue weighted by atomic mass is 16.5. The third-order valence-electron chi connectivity index (χ3n) is 4.84. The van der Waals surface area contributed by atoms with Gasteiger partial charge < -0.3 is 9.84 Å². The zero-order valence-corrected chi connectivity index (χ0v) is 17.6.